The van der Waals surface area contributed by atoms with Crippen LogP contribution in [0.2, 0.25) is 0 Å². The molecule has 1 aliphatic heterocycles. The van der Waals surface area contributed by atoms with Gasteiger partial charge >= 0.3 is 5.97 Å². The molecular formula is C27H31N3O5. The predicted molar refractivity (Wildman–Crippen MR) is 132 cm³/mol. The summed E-state index contributed by atoms with van der Waals surface area (Å²) in [5, 5.41) is 12.2. The molecule has 1 saturated heterocycles. The zero-order valence-corrected chi connectivity index (χ0v) is 20.1. The number of H-pyrrole nitrogens is 1. The summed E-state index contributed by atoms with van der Waals surface area (Å²) >= 11 is 0. The van der Waals surface area contributed by atoms with Gasteiger partial charge in [0, 0.05) is 37.3 Å². The zero-order chi connectivity index (χ0) is 25.1. The average Bonchev–Trinajstić information content (AvgIpc) is 3.33. The third kappa shape index (κ3) is 5.64. The molecule has 1 fully saturated rings. The molecule has 0 spiro atoms. The van der Waals surface area contributed by atoms with Gasteiger partial charge in [0.15, 0.2) is 5.82 Å². The minimum absolute atomic E-state index is 0.137. The van der Waals surface area contributed by atoms with E-state index in [1.54, 1.807) is 0 Å². The molecule has 1 aromatic heterocycles. The fraction of sp³-hybridized carbons (Fsp3) is 0.444. The van der Waals surface area contributed by atoms with Gasteiger partial charge in [0.05, 0.1) is 11.8 Å². The van der Waals surface area contributed by atoms with Crippen molar-refractivity contribution in [2.24, 2.45) is 5.41 Å². The van der Waals surface area contributed by atoms with E-state index in [1.165, 1.54) is 6.20 Å². The Morgan fingerprint density at radius 2 is 2.06 bits per heavy atom. The fourth-order valence-corrected chi connectivity index (χ4v) is 4.63. The molecule has 184 valence electrons. The van der Waals surface area contributed by atoms with Crippen LogP contribution < -0.4 is 5.32 Å². The number of terminal acetylenes is 1. The SMILES string of the molecule is C#Cc1cnc(C(=O)Nc2ccc(C3(OCC(=O)O)CCOCC3)cc2C2=CCC(C)(C)CC2)[nH]1. The first-order valence-electron chi connectivity index (χ1n) is 11.8. The lowest BCUT2D eigenvalue weighted by Gasteiger charge is -2.38. The molecule has 2 heterocycles. The molecule has 1 aromatic carbocycles. The number of amides is 1. The molecule has 0 bridgehead atoms. The minimum Gasteiger partial charge on any atom is -0.480 e. The number of allylic oxidation sites excluding steroid dienone is 2. The number of imidazole rings is 1. The fourth-order valence-electron chi connectivity index (χ4n) is 4.63. The van der Waals surface area contributed by atoms with E-state index in [2.05, 4.69) is 41.1 Å². The van der Waals surface area contributed by atoms with Gasteiger partial charge in [-0.05, 0) is 47.9 Å². The molecular weight excluding hydrogens is 446 g/mol. The van der Waals surface area contributed by atoms with E-state index in [-0.39, 0.29) is 23.8 Å². The number of benzene rings is 1. The van der Waals surface area contributed by atoms with Crippen LogP contribution in [0.1, 0.15) is 73.4 Å². The number of carbonyl (C=O) groups is 2. The van der Waals surface area contributed by atoms with Gasteiger partial charge < -0.3 is 24.9 Å². The first kappa shape index (κ1) is 24.7. The highest BCUT2D eigenvalue weighted by molar-refractivity contribution is 6.03. The average molecular weight is 478 g/mol. The van der Waals surface area contributed by atoms with Crippen molar-refractivity contribution in [3.63, 3.8) is 0 Å². The summed E-state index contributed by atoms with van der Waals surface area (Å²) in [4.78, 5) is 31.1. The number of carbonyl (C=O) groups excluding carboxylic acids is 1. The second-order valence-electron chi connectivity index (χ2n) is 9.89. The smallest absolute Gasteiger partial charge is 0.329 e. The lowest BCUT2D eigenvalue weighted by atomic mass is 9.76. The second kappa shape index (κ2) is 10.1. The van der Waals surface area contributed by atoms with Crippen molar-refractivity contribution >= 4 is 23.1 Å². The maximum Gasteiger partial charge on any atom is 0.329 e. The molecule has 0 atom stereocenters. The zero-order valence-electron chi connectivity index (χ0n) is 20.1. The normalized spacial score (nSPS) is 18.8. The monoisotopic (exact) mass is 477 g/mol. The number of nitrogens with zero attached hydrogens (tertiary/aromatic N) is 1. The van der Waals surface area contributed by atoms with Gasteiger partial charge in [-0.3, -0.25) is 4.79 Å². The summed E-state index contributed by atoms with van der Waals surface area (Å²) in [5.74, 6) is 1.17. The Morgan fingerprint density at radius 3 is 2.69 bits per heavy atom. The second-order valence-corrected chi connectivity index (χ2v) is 9.89. The van der Waals surface area contributed by atoms with Crippen molar-refractivity contribution in [2.75, 3.05) is 25.1 Å². The van der Waals surface area contributed by atoms with Gasteiger partial charge in [-0.25, -0.2) is 9.78 Å². The molecule has 0 saturated carbocycles. The number of aliphatic carboxylic acids is 1. The van der Waals surface area contributed by atoms with Crippen LogP contribution in [-0.4, -0.2) is 46.8 Å². The van der Waals surface area contributed by atoms with E-state index in [9.17, 15) is 14.7 Å². The van der Waals surface area contributed by atoms with E-state index in [0.29, 0.717) is 37.4 Å². The number of hydrogen-bond acceptors (Lipinski definition) is 5. The summed E-state index contributed by atoms with van der Waals surface area (Å²) in [5.41, 5.74) is 3.48. The van der Waals surface area contributed by atoms with E-state index in [0.717, 1.165) is 36.0 Å². The lowest BCUT2D eigenvalue weighted by molar-refractivity contribution is -0.159. The van der Waals surface area contributed by atoms with Crippen molar-refractivity contribution in [1.29, 1.82) is 0 Å². The number of hydrogen-bond donors (Lipinski definition) is 3. The molecule has 8 heteroatoms. The third-order valence-electron chi connectivity index (χ3n) is 6.83. The molecule has 2 aromatic rings. The summed E-state index contributed by atoms with van der Waals surface area (Å²) in [6.07, 6.45) is 13.0. The molecule has 0 unspecified atom stereocenters. The number of rotatable bonds is 7. The predicted octanol–water partition coefficient (Wildman–Crippen LogP) is 4.34. The van der Waals surface area contributed by atoms with Crippen molar-refractivity contribution < 1.29 is 24.2 Å². The highest BCUT2D eigenvalue weighted by Crippen LogP contribution is 2.43. The first-order chi connectivity index (χ1) is 16.7. The summed E-state index contributed by atoms with van der Waals surface area (Å²) in [7, 11) is 0. The standard InChI is InChI=1S/C27H31N3O5/c1-4-20-16-28-24(29-20)25(33)30-22-6-5-19(15-21(22)18-7-9-26(2,3)10-8-18)27(35-17-23(31)32)11-13-34-14-12-27/h1,5-7,15-16H,8-14,17H2,2-3H3,(H,28,29)(H,30,33)(H,31,32). The van der Waals surface area contributed by atoms with Crippen LogP contribution in [0.25, 0.3) is 5.57 Å². The van der Waals surface area contributed by atoms with Crippen molar-refractivity contribution in [3.05, 3.63) is 53.1 Å². The topological polar surface area (TPSA) is 114 Å². The number of nitrogens with one attached hydrogen (secondary N) is 2. The maximum absolute atomic E-state index is 12.9. The molecule has 8 nitrogen and oxygen atoms in total. The Hall–Kier alpha value is -3.41. The van der Waals surface area contributed by atoms with Gasteiger partial charge in [0.25, 0.3) is 5.91 Å². The number of aromatic nitrogens is 2. The van der Waals surface area contributed by atoms with E-state index in [4.69, 9.17) is 15.9 Å². The van der Waals surface area contributed by atoms with Crippen LogP contribution in [-0.2, 0) is 19.9 Å². The Labute approximate surface area is 205 Å². The minimum atomic E-state index is -1.01. The highest BCUT2D eigenvalue weighted by Gasteiger charge is 2.37. The van der Waals surface area contributed by atoms with Crippen molar-refractivity contribution in [1.82, 2.24) is 9.97 Å². The molecule has 35 heavy (non-hydrogen) atoms. The van der Waals surface area contributed by atoms with Crippen LogP contribution in [0.15, 0.2) is 30.5 Å². The van der Waals surface area contributed by atoms with Gasteiger partial charge in [-0.1, -0.05) is 31.9 Å². The molecule has 4 rings (SSSR count). The lowest BCUT2D eigenvalue weighted by Crippen LogP contribution is -2.38. The number of carboxylic acids is 1. The third-order valence-corrected chi connectivity index (χ3v) is 6.83. The number of anilines is 1. The van der Waals surface area contributed by atoms with E-state index in [1.807, 2.05) is 18.2 Å². The summed E-state index contributed by atoms with van der Waals surface area (Å²) < 4.78 is 11.5. The summed E-state index contributed by atoms with van der Waals surface area (Å²) in [6, 6.07) is 5.78. The van der Waals surface area contributed by atoms with Gasteiger partial charge in [-0.2, -0.15) is 0 Å². The van der Waals surface area contributed by atoms with Crippen molar-refractivity contribution in [3.8, 4) is 12.3 Å². The molecule has 1 aliphatic carbocycles. The van der Waals surface area contributed by atoms with Gasteiger partial charge in [0.1, 0.15) is 12.3 Å². The van der Waals surface area contributed by atoms with Crippen molar-refractivity contribution in [2.45, 2.75) is 51.6 Å². The Kier molecular flexibility index (Phi) is 7.10. The Morgan fingerprint density at radius 1 is 1.29 bits per heavy atom. The summed E-state index contributed by atoms with van der Waals surface area (Å²) in [6.45, 7) is 5.08. The van der Waals surface area contributed by atoms with E-state index < -0.39 is 11.6 Å². The number of aromatic amines is 1. The molecule has 3 N–H and O–H groups in total. The largest absolute Gasteiger partial charge is 0.480 e. The molecule has 1 amide bonds. The maximum atomic E-state index is 12.9. The Bertz CT molecular complexity index is 1180. The number of ether oxygens (including phenoxy) is 2. The molecule has 0 radical (unpaired) electrons. The first-order valence-corrected chi connectivity index (χ1v) is 11.8. The highest BCUT2D eigenvalue weighted by atomic mass is 16.5. The van der Waals surface area contributed by atoms with E-state index >= 15 is 0 Å². The van der Waals surface area contributed by atoms with Gasteiger partial charge in [0.2, 0.25) is 0 Å². The van der Waals surface area contributed by atoms with Crippen LogP contribution in [0.3, 0.4) is 0 Å². The number of carboxylic acid groups (broad SMARTS) is 1. The quantitative estimate of drug-likeness (QED) is 0.511. The van der Waals surface area contributed by atoms with Crippen LogP contribution in [0, 0.1) is 17.8 Å². The van der Waals surface area contributed by atoms with Crippen LogP contribution in [0.4, 0.5) is 5.69 Å². The van der Waals surface area contributed by atoms with Crippen LogP contribution >= 0.6 is 0 Å². The van der Waals surface area contributed by atoms with Crippen LogP contribution in [0.5, 0.6) is 0 Å². The molecule has 2 aliphatic rings. The Balaban J connectivity index is 1.72. The van der Waals surface area contributed by atoms with Gasteiger partial charge in [-0.15, -0.1) is 6.42 Å².